The van der Waals surface area contributed by atoms with Crippen molar-refractivity contribution in [2.75, 3.05) is 20.2 Å². The maximum absolute atomic E-state index is 5.81. The number of hydrogen-bond donors (Lipinski definition) is 1. The second kappa shape index (κ2) is 7.29. The molecule has 16 heavy (non-hydrogen) atoms. The van der Waals surface area contributed by atoms with E-state index in [-0.39, 0.29) is 5.60 Å². The third-order valence-corrected chi connectivity index (χ3v) is 4.08. The molecule has 0 saturated heterocycles. The third-order valence-electron chi connectivity index (χ3n) is 4.08. The molecule has 0 aromatic carbocycles. The minimum Gasteiger partial charge on any atom is -0.377 e. The Bertz CT molecular complexity index is 174. The number of rotatable bonds is 6. The Kier molecular flexibility index (Phi) is 6.37. The molecule has 2 heteroatoms. The second-order valence-corrected chi connectivity index (χ2v) is 5.45. The van der Waals surface area contributed by atoms with Gasteiger partial charge >= 0.3 is 0 Å². The van der Waals surface area contributed by atoms with Gasteiger partial charge in [0.05, 0.1) is 5.60 Å². The van der Waals surface area contributed by atoms with E-state index >= 15 is 0 Å². The minimum atomic E-state index is 0.129. The summed E-state index contributed by atoms with van der Waals surface area (Å²) in [6.07, 6.45) is 9.16. The van der Waals surface area contributed by atoms with Gasteiger partial charge in [-0.1, -0.05) is 46.0 Å². The topological polar surface area (TPSA) is 21.3 Å². The Morgan fingerprint density at radius 1 is 1.19 bits per heavy atom. The Labute approximate surface area is 101 Å². The Balaban J connectivity index is 2.33. The summed E-state index contributed by atoms with van der Waals surface area (Å²) in [6.45, 7) is 6.72. The Hall–Kier alpha value is -0.0800. The summed E-state index contributed by atoms with van der Waals surface area (Å²) in [4.78, 5) is 0. The zero-order valence-electron chi connectivity index (χ0n) is 11.3. The lowest BCUT2D eigenvalue weighted by atomic mass is 9.94. The molecule has 1 aliphatic rings. The van der Waals surface area contributed by atoms with Crippen molar-refractivity contribution in [1.82, 2.24) is 5.32 Å². The first-order valence-corrected chi connectivity index (χ1v) is 6.98. The van der Waals surface area contributed by atoms with E-state index in [4.69, 9.17) is 4.74 Å². The molecule has 1 fully saturated rings. The normalized spacial score (nSPS) is 22.7. The maximum atomic E-state index is 5.81. The van der Waals surface area contributed by atoms with Gasteiger partial charge in [-0.3, -0.25) is 0 Å². The van der Waals surface area contributed by atoms with Crippen molar-refractivity contribution < 1.29 is 4.74 Å². The molecule has 0 aromatic heterocycles. The van der Waals surface area contributed by atoms with Crippen LogP contribution < -0.4 is 5.32 Å². The van der Waals surface area contributed by atoms with Crippen LogP contribution in [0.3, 0.4) is 0 Å². The van der Waals surface area contributed by atoms with Crippen molar-refractivity contribution in [3.05, 3.63) is 0 Å². The highest BCUT2D eigenvalue weighted by atomic mass is 16.5. The molecule has 2 nitrogen and oxygen atoms in total. The van der Waals surface area contributed by atoms with Crippen LogP contribution in [-0.4, -0.2) is 25.8 Å². The van der Waals surface area contributed by atoms with Crippen LogP contribution in [-0.2, 0) is 4.74 Å². The number of methoxy groups -OCH3 is 1. The van der Waals surface area contributed by atoms with E-state index in [1.54, 1.807) is 0 Å². The lowest BCUT2D eigenvalue weighted by Gasteiger charge is -2.32. The van der Waals surface area contributed by atoms with E-state index in [2.05, 4.69) is 19.2 Å². The van der Waals surface area contributed by atoms with Crippen molar-refractivity contribution in [2.24, 2.45) is 5.92 Å². The summed E-state index contributed by atoms with van der Waals surface area (Å²) in [5, 5.41) is 3.60. The van der Waals surface area contributed by atoms with Crippen molar-refractivity contribution in [3.8, 4) is 0 Å². The zero-order valence-corrected chi connectivity index (χ0v) is 11.3. The second-order valence-electron chi connectivity index (χ2n) is 5.45. The number of ether oxygens (including phenoxy) is 1. The van der Waals surface area contributed by atoms with Crippen molar-refractivity contribution in [2.45, 2.75) is 64.4 Å². The first-order valence-electron chi connectivity index (χ1n) is 6.98. The highest BCUT2D eigenvalue weighted by molar-refractivity contribution is 4.85. The fourth-order valence-corrected chi connectivity index (χ4v) is 2.52. The standard InChI is InChI=1S/C14H29NO/c1-4-13(2)11-15-12-14(16-3)9-7-5-6-8-10-14/h13,15H,4-12H2,1-3H3. The predicted octanol–water partition coefficient (Wildman–Crippen LogP) is 3.36. The van der Waals surface area contributed by atoms with E-state index < -0.39 is 0 Å². The van der Waals surface area contributed by atoms with Gasteiger partial charge in [-0.15, -0.1) is 0 Å². The molecule has 1 saturated carbocycles. The lowest BCUT2D eigenvalue weighted by molar-refractivity contribution is -0.0218. The molecule has 0 bridgehead atoms. The summed E-state index contributed by atoms with van der Waals surface area (Å²) in [5.74, 6) is 0.777. The molecular formula is C14H29NO. The Morgan fingerprint density at radius 3 is 2.31 bits per heavy atom. The van der Waals surface area contributed by atoms with Crippen LogP contribution >= 0.6 is 0 Å². The molecule has 0 heterocycles. The van der Waals surface area contributed by atoms with Crippen LogP contribution in [0.5, 0.6) is 0 Å². The van der Waals surface area contributed by atoms with Gasteiger partial charge in [-0.05, 0) is 25.3 Å². The molecule has 1 aliphatic carbocycles. The largest absolute Gasteiger partial charge is 0.377 e. The fourth-order valence-electron chi connectivity index (χ4n) is 2.52. The molecule has 1 rings (SSSR count). The molecule has 0 aromatic rings. The smallest absolute Gasteiger partial charge is 0.0802 e. The van der Waals surface area contributed by atoms with Crippen LogP contribution in [0.4, 0.5) is 0 Å². The number of nitrogens with one attached hydrogen (secondary N) is 1. The van der Waals surface area contributed by atoms with Crippen molar-refractivity contribution >= 4 is 0 Å². The highest BCUT2D eigenvalue weighted by Gasteiger charge is 2.30. The monoisotopic (exact) mass is 227 g/mol. The minimum absolute atomic E-state index is 0.129. The quantitative estimate of drug-likeness (QED) is 0.703. The third kappa shape index (κ3) is 4.42. The average molecular weight is 227 g/mol. The van der Waals surface area contributed by atoms with Crippen LogP contribution in [0.1, 0.15) is 58.8 Å². The highest BCUT2D eigenvalue weighted by Crippen LogP contribution is 2.29. The van der Waals surface area contributed by atoms with Crippen LogP contribution in [0.2, 0.25) is 0 Å². The zero-order chi connectivity index (χ0) is 11.9. The number of hydrogen-bond acceptors (Lipinski definition) is 2. The molecule has 96 valence electrons. The van der Waals surface area contributed by atoms with Crippen molar-refractivity contribution in [3.63, 3.8) is 0 Å². The van der Waals surface area contributed by atoms with Gasteiger partial charge in [0.1, 0.15) is 0 Å². The summed E-state index contributed by atoms with van der Waals surface area (Å²) >= 11 is 0. The Morgan fingerprint density at radius 2 is 1.81 bits per heavy atom. The van der Waals surface area contributed by atoms with E-state index in [1.807, 2.05) is 7.11 Å². The predicted molar refractivity (Wildman–Crippen MR) is 69.8 cm³/mol. The van der Waals surface area contributed by atoms with Gasteiger partial charge in [-0.25, -0.2) is 0 Å². The van der Waals surface area contributed by atoms with E-state index in [0.29, 0.717) is 0 Å². The first kappa shape index (κ1) is 14.0. The SMILES string of the molecule is CCC(C)CNCC1(OC)CCCCCC1. The molecule has 0 radical (unpaired) electrons. The van der Waals surface area contributed by atoms with Gasteiger partial charge in [-0.2, -0.15) is 0 Å². The molecule has 1 unspecified atom stereocenters. The molecule has 0 amide bonds. The molecule has 0 spiro atoms. The van der Waals surface area contributed by atoms with Gasteiger partial charge in [0, 0.05) is 13.7 Å². The molecular weight excluding hydrogens is 198 g/mol. The molecule has 0 aliphatic heterocycles. The first-order chi connectivity index (χ1) is 7.72. The lowest BCUT2D eigenvalue weighted by Crippen LogP contribution is -2.43. The maximum Gasteiger partial charge on any atom is 0.0802 e. The summed E-state index contributed by atoms with van der Waals surface area (Å²) in [5.41, 5.74) is 0.129. The van der Waals surface area contributed by atoms with E-state index in [1.165, 1.54) is 44.9 Å². The van der Waals surface area contributed by atoms with Crippen LogP contribution in [0.25, 0.3) is 0 Å². The van der Waals surface area contributed by atoms with Gasteiger partial charge in [0.2, 0.25) is 0 Å². The molecule has 1 atom stereocenters. The van der Waals surface area contributed by atoms with E-state index in [0.717, 1.165) is 19.0 Å². The summed E-state index contributed by atoms with van der Waals surface area (Å²) in [7, 11) is 1.89. The van der Waals surface area contributed by atoms with Gasteiger partial charge in [0.15, 0.2) is 0 Å². The van der Waals surface area contributed by atoms with Crippen molar-refractivity contribution in [1.29, 1.82) is 0 Å². The summed E-state index contributed by atoms with van der Waals surface area (Å²) in [6, 6.07) is 0. The van der Waals surface area contributed by atoms with Crippen LogP contribution in [0, 0.1) is 5.92 Å². The fraction of sp³-hybridized carbons (Fsp3) is 1.00. The van der Waals surface area contributed by atoms with E-state index in [9.17, 15) is 0 Å². The molecule has 1 N–H and O–H groups in total. The van der Waals surface area contributed by atoms with Crippen LogP contribution in [0.15, 0.2) is 0 Å². The van der Waals surface area contributed by atoms with Gasteiger partial charge in [0.25, 0.3) is 0 Å². The van der Waals surface area contributed by atoms with Gasteiger partial charge < -0.3 is 10.1 Å². The summed E-state index contributed by atoms with van der Waals surface area (Å²) < 4.78 is 5.81. The average Bonchev–Trinajstić information content (AvgIpc) is 2.55.